The molecule has 0 aromatic rings. The number of hydrogen-bond acceptors (Lipinski definition) is 2. The summed E-state index contributed by atoms with van der Waals surface area (Å²) in [4.78, 5) is 2.60. The topological polar surface area (TPSA) is 15.3 Å². The fraction of sp³-hybridized carbons (Fsp3) is 1.00. The summed E-state index contributed by atoms with van der Waals surface area (Å²) in [6.07, 6.45) is 7.01. The molecule has 1 aliphatic rings. The van der Waals surface area contributed by atoms with Crippen molar-refractivity contribution in [2.45, 2.75) is 58.9 Å². The second-order valence-corrected chi connectivity index (χ2v) is 6.23. The molecule has 1 rings (SSSR count). The van der Waals surface area contributed by atoms with E-state index in [-0.39, 0.29) is 0 Å². The summed E-state index contributed by atoms with van der Waals surface area (Å²) in [6.45, 7) is 10.5. The highest BCUT2D eigenvalue weighted by molar-refractivity contribution is 4.78. The van der Waals surface area contributed by atoms with E-state index in [4.69, 9.17) is 0 Å². The Morgan fingerprint density at radius 3 is 2.41 bits per heavy atom. The summed E-state index contributed by atoms with van der Waals surface area (Å²) in [5.41, 5.74) is 0. The van der Waals surface area contributed by atoms with Crippen LogP contribution in [-0.2, 0) is 0 Å². The minimum absolute atomic E-state index is 0.736. The van der Waals surface area contributed by atoms with Crippen LogP contribution in [0.5, 0.6) is 0 Å². The van der Waals surface area contributed by atoms with E-state index in [1.165, 1.54) is 38.6 Å². The van der Waals surface area contributed by atoms with Crippen LogP contribution in [0.3, 0.4) is 0 Å². The molecule has 17 heavy (non-hydrogen) atoms. The Kier molecular flexibility index (Phi) is 7.14. The van der Waals surface area contributed by atoms with Gasteiger partial charge in [-0.05, 0) is 44.7 Å². The minimum Gasteiger partial charge on any atom is -0.315 e. The van der Waals surface area contributed by atoms with Crippen LogP contribution in [0, 0.1) is 11.8 Å². The molecule has 1 unspecified atom stereocenters. The lowest BCUT2D eigenvalue weighted by Gasteiger charge is -2.35. The van der Waals surface area contributed by atoms with Crippen molar-refractivity contribution < 1.29 is 0 Å². The molecular weight excluding hydrogens is 208 g/mol. The Labute approximate surface area is 108 Å². The molecule has 0 aromatic heterocycles. The lowest BCUT2D eigenvalue weighted by molar-refractivity contribution is 0.152. The molecule has 0 bridgehead atoms. The third-order valence-corrected chi connectivity index (χ3v) is 3.95. The molecule has 0 heterocycles. The van der Waals surface area contributed by atoms with Crippen molar-refractivity contribution in [1.82, 2.24) is 10.2 Å². The molecule has 0 spiro atoms. The van der Waals surface area contributed by atoms with E-state index in [2.05, 4.69) is 38.0 Å². The first-order valence-electron chi connectivity index (χ1n) is 7.54. The van der Waals surface area contributed by atoms with Crippen molar-refractivity contribution in [1.29, 1.82) is 0 Å². The van der Waals surface area contributed by atoms with Crippen LogP contribution in [0.2, 0.25) is 0 Å². The molecule has 1 atom stereocenters. The first-order chi connectivity index (χ1) is 8.13. The summed E-state index contributed by atoms with van der Waals surface area (Å²) in [5.74, 6) is 1.75. The summed E-state index contributed by atoms with van der Waals surface area (Å²) >= 11 is 0. The Balaban J connectivity index is 2.23. The van der Waals surface area contributed by atoms with Gasteiger partial charge in [0.2, 0.25) is 0 Å². The molecule has 2 nitrogen and oxygen atoms in total. The van der Waals surface area contributed by atoms with Crippen LogP contribution in [-0.4, -0.2) is 37.6 Å². The highest BCUT2D eigenvalue weighted by Crippen LogP contribution is 2.27. The lowest BCUT2D eigenvalue weighted by atomic mass is 9.85. The van der Waals surface area contributed by atoms with Gasteiger partial charge in [-0.15, -0.1) is 0 Å². The highest BCUT2D eigenvalue weighted by Gasteiger charge is 2.22. The molecule has 1 aliphatic carbocycles. The first-order valence-corrected chi connectivity index (χ1v) is 7.54. The Hall–Kier alpha value is -0.0800. The summed E-state index contributed by atoms with van der Waals surface area (Å²) in [6, 6.07) is 0.736. The quantitative estimate of drug-likeness (QED) is 0.666. The third-order valence-electron chi connectivity index (χ3n) is 3.95. The summed E-state index contributed by atoms with van der Waals surface area (Å²) < 4.78 is 0. The van der Waals surface area contributed by atoms with Crippen molar-refractivity contribution >= 4 is 0 Å². The molecule has 0 radical (unpaired) electrons. The molecule has 0 amide bonds. The van der Waals surface area contributed by atoms with E-state index in [1.807, 2.05) is 0 Å². The molecule has 0 aliphatic heterocycles. The number of nitrogens with one attached hydrogen (secondary N) is 1. The zero-order valence-electron chi connectivity index (χ0n) is 12.3. The van der Waals surface area contributed by atoms with E-state index < -0.39 is 0 Å². The van der Waals surface area contributed by atoms with Crippen molar-refractivity contribution in [2.24, 2.45) is 11.8 Å². The predicted molar refractivity (Wildman–Crippen MR) is 76.4 cm³/mol. The van der Waals surface area contributed by atoms with Gasteiger partial charge in [0.1, 0.15) is 0 Å². The molecule has 2 heteroatoms. The fourth-order valence-electron chi connectivity index (χ4n) is 2.58. The van der Waals surface area contributed by atoms with Gasteiger partial charge >= 0.3 is 0 Å². The van der Waals surface area contributed by atoms with Crippen molar-refractivity contribution in [3.05, 3.63) is 0 Å². The van der Waals surface area contributed by atoms with Gasteiger partial charge < -0.3 is 10.2 Å². The van der Waals surface area contributed by atoms with Crippen LogP contribution >= 0.6 is 0 Å². The highest BCUT2D eigenvalue weighted by atomic mass is 15.1. The second kappa shape index (κ2) is 8.10. The van der Waals surface area contributed by atoms with E-state index in [0.29, 0.717) is 0 Å². The monoisotopic (exact) mass is 240 g/mol. The Morgan fingerprint density at radius 1 is 1.24 bits per heavy atom. The van der Waals surface area contributed by atoms with Crippen molar-refractivity contribution in [3.63, 3.8) is 0 Å². The number of likely N-dealkylation sites (N-methyl/N-ethyl adjacent to an activating group) is 1. The van der Waals surface area contributed by atoms with Crippen LogP contribution in [0.15, 0.2) is 0 Å². The number of hydrogen-bond donors (Lipinski definition) is 1. The van der Waals surface area contributed by atoms with Gasteiger partial charge in [-0.1, -0.05) is 33.6 Å². The lowest BCUT2D eigenvalue weighted by Crippen LogP contribution is -2.43. The standard InChI is InChI=1S/C15H32N2/c1-5-7-15(11-16-10-13(2)3)17(4)12-14-8-6-9-14/h13-16H,5-12H2,1-4H3. The zero-order chi connectivity index (χ0) is 12.7. The maximum atomic E-state index is 3.62. The average Bonchev–Trinajstić information content (AvgIpc) is 2.21. The summed E-state index contributed by atoms with van der Waals surface area (Å²) in [7, 11) is 2.32. The summed E-state index contributed by atoms with van der Waals surface area (Å²) in [5, 5.41) is 3.62. The normalized spacial score (nSPS) is 18.7. The number of rotatable bonds is 9. The van der Waals surface area contributed by atoms with Crippen LogP contribution in [0.1, 0.15) is 52.9 Å². The van der Waals surface area contributed by atoms with E-state index in [1.54, 1.807) is 0 Å². The van der Waals surface area contributed by atoms with Crippen molar-refractivity contribution in [3.8, 4) is 0 Å². The van der Waals surface area contributed by atoms with E-state index in [9.17, 15) is 0 Å². The first kappa shape index (κ1) is 15.0. The van der Waals surface area contributed by atoms with Gasteiger partial charge in [-0.25, -0.2) is 0 Å². The van der Waals surface area contributed by atoms with E-state index in [0.717, 1.165) is 31.0 Å². The van der Waals surface area contributed by atoms with Gasteiger partial charge in [-0.3, -0.25) is 0 Å². The van der Waals surface area contributed by atoms with E-state index >= 15 is 0 Å². The molecule has 1 N–H and O–H groups in total. The molecule has 0 saturated heterocycles. The third kappa shape index (κ3) is 5.87. The maximum absolute atomic E-state index is 3.62. The van der Waals surface area contributed by atoms with Crippen molar-refractivity contribution in [2.75, 3.05) is 26.7 Å². The second-order valence-electron chi connectivity index (χ2n) is 6.23. The predicted octanol–water partition coefficient (Wildman–Crippen LogP) is 3.13. The Bertz CT molecular complexity index is 187. The number of nitrogens with zero attached hydrogens (tertiary/aromatic N) is 1. The molecule has 1 fully saturated rings. The van der Waals surface area contributed by atoms with Crippen LogP contribution in [0.4, 0.5) is 0 Å². The van der Waals surface area contributed by atoms with Crippen LogP contribution < -0.4 is 5.32 Å². The van der Waals surface area contributed by atoms with Gasteiger partial charge in [0.25, 0.3) is 0 Å². The smallest absolute Gasteiger partial charge is 0.0217 e. The molecule has 0 aromatic carbocycles. The van der Waals surface area contributed by atoms with Crippen LogP contribution in [0.25, 0.3) is 0 Å². The average molecular weight is 240 g/mol. The van der Waals surface area contributed by atoms with Gasteiger partial charge in [0.05, 0.1) is 0 Å². The Morgan fingerprint density at radius 2 is 1.94 bits per heavy atom. The molecule has 1 saturated carbocycles. The SMILES string of the molecule is CCCC(CNCC(C)C)N(C)CC1CCC1. The molecule has 102 valence electrons. The minimum atomic E-state index is 0.736. The van der Waals surface area contributed by atoms with Gasteiger partial charge in [0.15, 0.2) is 0 Å². The largest absolute Gasteiger partial charge is 0.315 e. The van der Waals surface area contributed by atoms with Gasteiger partial charge in [0, 0.05) is 19.1 Å². The molecular formula is C15H32N2. The fourth-order valence-corrected chi connectivity index (χ4v) is 2.58. The van der Waals surface area contributed by atoms with Gasteiger partial charge in [-0.2, -0.15) is 0 Å². The zero-order valence-corrected chi connectivity index (χ0v) is 12.3. The maximum Gasteiger partial charge on any atom is 0.0217 e.